The molecule has 1 atom stereocenters. The SMILES string of the molecule is CCc1cc(CC)c(NC(=O)N2CCCC2c2nc(C)no2)c(CC)c1. The smallest absolute Gasteiger partial charge is 0.322 e. The number of benzene rings is 1. The number of likely N-dealkylation sites (tertiary alicyclic amines) is 1. The van der Waals surface area contributed by atoms with E-state index in [4.69, 9.17) is 4.52 Å². The molecule has 3 rings (SSSR count). The third-order valence-corrected chi connectivity index (χ3v) is 5.11. The highest BCUT2D eigenvalue weighted by Crippen LogP contribution is 2.32. The summed E-state index contributed by atoms with van der Waals surface area (Å²) in [4.78, 5) is 19.2. The third-order valence-electron chi connectivity index (χ3n) is 5.11. The van der Waals surface area contributed by atoms with Crippen LogP contribution in [-0.2, 0) is 19.3 Å². The number of urea groups is 1. The van der Waals surface area contributed by atoms with Crippen molar-refractivity contribution >= 4 is 11.7 Å². The number of amides is 2. The van der Waals surface area contributed by atoms with E-state index < -0.39 is 0 Å². The van der Waals surface area contributed by atoms with E-state index in [2.05, 4.69) is 48.4 Å². The fourth-order valence-corrected chi connectivity index (χ4v) is 3.66. The molecular weight excluding hydrogens is 328 g/mol. The number of nitrogens with zero attached hydrogens (tertiary/aromatic N) is 3. The molecule has 1 aromatic carbocycles. The Hall–Kier alpha value is -2.37. The zero-order chi connectivity index (χ0) is 18.7. The summed E-state index contributed by atoms with van der Waals surface area (Å²) in [6, 6.07) is 4.19. The minimum absolute atomic E-state index is 0.0861. The van der Waals surface area contributed by atoms with Gasteiger partial charge in [-0.05, 0) is 55.7 Å². The Balaban J connectivity index is 1.85. The van der Waals surface area contributed by atoms with Crippen LogP contribution in [0.1, 0.15) is 68.1 Å². The van der Waals surface area contributed by atoms with Crippen molar-refractivity contribution in [2.24, 2.45) is 0 Å². The summed E-state index contributed by atoms with van der Waals surface area (Å²) in [5, 5.41) is 7.05. The van der Waals surface area contributed by atoms with Gasteiger partial charge in [-0.15, -0.1) is 0 Å². The molecule has 2 heterocycles. The molecule has 6 nitrogen and oxygen atoms in total. The fraction of sp³-hybridized carbons (Fsp3) is 0.550. The van der Waals surface area contributed by atoms with Crippen molar-refractivity contribution in [1.29, 1.82) is 0 Å². The van der Waals surface area contributed by atoms with Gasteiger partial charge in [-0.3, -0.25) is 0 Å². The van der Waals surface area contributed by atoms with E-state index in [-0.39, 0.29) is 12.1 Å². The molecule has 1 N–H and O–H groups in total. The van der Waals surface area contributed by atoms with E-state index in [9.17, 15) is 4.79 Å². The van der Waals surface area contributed by atoms with E-state index in [1.165, 1.54) is 16.7 Å². The number of nitrogens with one attached hydrogen (secondary N) is 1. The summed E-state index contributed by atoms with van der Waals surface area (Å²) in [7, 11) is 0. The summed E-state index contributed by atoms with van der Waals surface area (Å²) < 4.78 is 5.32. The first-order valence-electron chi connectivity index (χ1n) is 9.59. The molecule has 2 amide bonds. The number of anilines is 1. The van der Waals surface area contributed by atoms with Crippen molar-refractivity contribution in [3.63, 3.8) is 0 Å². The van der Waals surface area contributed by atoms with Crippen molar-refractivity contribution in [2.75, 3.05) is 11.9 Å². The van der Waals surface area contributed by atoms with Gasteiger partial charge in [-0.25, -0.2) is 4.79 Å². The first kappa shape index (κ1) is 18.4. The van der Waals surface area contributed by atoms with Crippen LogP contribution in [0, 0.1) is 6.92 Å². The van der Waals surface area contributed by atoms with Crippen LogP contribution in [0.5, 0.6) is 0 Å². The normalized spacial score (nSPS) is 16.9. The molecule has 6 heteroatoms. The lowest BCUT2D eigenvalue weighted by atomic mass is 9.98. The largest absolute Gasteiger partial charge is 0.337 e. The molecule has 1 aliphatic heterocycles. The second-order valence-electron chi connectivity index (χ2n) is 6.81. The van der Waals surface area contributed by atoms with Crippen LogP contribution >= 0.6 is 0 Å². The Bertz CT molecular complexity index is 759. The van der Waals surface area contributed by atoms with Gasteiger partial charge in [0.2, 0.25) is 5.89 Å². The second kappa shape index (κ2) is 7.89. The standard InChI is InChI=1S/C20H28N4O2/c1-5-14-11-15(6-2)18(16(7-3)12-14)22-20(25)24-10-8-9-17(24)19-21-13(4)23-26-19/h11-12,17H,5-10H2,1-4H3,(H,22,25). The number of hydrogen-bond donors (Lipinski definition) is 1. The van der Waals surface area contributed by atoms with Gasteiger partial charge in [-0.1, -0.05) is 38.1 Å². The van der Waals surface area contributed by atoms with E-state index in [1.54, 1.807) is 6.92 Å². The summed E-state index contributed by atoms with van der Waals surface area (Å²) in [6.07, 6.45) is 4.57. The van der Waals surface area contributed by atoms with Crippen LogP contribution < -0.4 is 5.32 Å². The van der Waals surface area contributed by atoms with Crippen LogP contribution in [-0.4, -0.2) is 27.6 Å². The third kappa shape index (κ3) is 3.59. The summed E-state index contributed by atoms with van der Waals surface area (Å²) in [5.41, 5.74) is 4.67. The Labute approximate surface area is 155 Å². The zero-order valence-electron chi connectivity index (χ0n) is 16.1. The molecule has 0 saturated carbocycles. The highest BCUT2D eigenvalue weighted by Gasteiger charge is 2.34. The fourth-order valence-electron chi connectivity index (χ4n) is 3.66. The molecule has 1 saturated heterocycles. The zero-order valence-corrected chi connectivity index (χ0v) is 16.1. The van der Waals surface area contributed by atoms with Gasteiger partial charge >= 0.3 is 6.03 Å². The molecule has 1 unspecified atom stereocenters. The Morgan fingerprint density at radius 2 is 1.92 bits per heavy atom. The molecule has 0 aliphatic carbocycles. The Morgan fingerprint density at radius 3 is 2.46 bits per heavy atom. The van der Waals surface area contributed by atoms with Crippen LogP contribution in [0.25, 0.3) is 0 Å². The van der Waals surface area contributed by atoms with Gasteiger partial charge < -0.3 is 14.7 Å². The first-order chi connectivity index (χ1) is 12.6. The number of hydrogen-bond acceptors (Lipinski definition) is 4. The Kier molecular flexibility index (Phi) is 5.59. The highest BCUT2D eigenvalue weighted by atomic mass is 16.5. The number of aromatic nitrogens is 2. The Morgan fingerprint density at radius 1 is 1.23 bits per heavy atom. The van der Waals surface area contributed by atoms with Gasteiger partial charge in [0.25, 0.3) is 0 Å². The van der Waals surface area contributed by atoms with Crippen molar-refractivity contribution < 1.29 is 9.32 Å². The van der Waals surface area contributed by atoms with E-state index in [1.807, 2.05) is 4.90 Å². The van der Waals surface area contributed by atoms with Crippen molar-refractivity contribution in [3.8, 4) is 0 Å². The lowest BCUT2D eigenvalue weighted by Gasteiger charge is -2.24. The van der Waals surface area contributed by atoms with Gasteiger partial charge in [0.1, 0.15) is 6.04 Å². The molecule has 0 bridgehead atoms. The topological polar surface area (TPSA) is 71.3 Å². The van der Waals surface area contributed by atoms with Crippen molar-refractivity contribution in [1.82, 2.24) is 15.0 Å². The summed E-state index contributed by atoms with van der Waals surface area (Å²) in [6.45, 7) is 8.91. The lowest BCUT2D eigenvalue weighted by molar-refractivity contribution is 0.193. The van der Waals surface area contributed by atoms with Gasteiger partial charge in [0.05, 0.1) is 0 Å². The average molecular weight is 356 g/mol. The molecule has 2 aromatic rings. The van der Waals surface area contributed by atoms with Crippen molar-refractivity contribution in [3.05, 3.63) is 40.5 Å². The van der Waals surface area contributed by atoms with Crippen LogP contribution in [0.15, 0.2) is 16.7 Å². The molecule has 140 valence electrons. The molecule has 0 radical (unpaired) electrons. The van der Waals surface area contributed by atoms with Crippen LogP contribution in [0.4, 0.5) is 10.5 Å². The first-order valence-corrected chi connectivity index (χ1v) is 9.59. The highest BCUT2D eigenvalue weighted by molar-refractivity contribution is 5.91. The van der Waals surface area contributed by atoms with Gasteiger partial charge in [0.15, 0.2) is 5.82 Å². The van der Waals surface area contributed by atoms with Crippen LogP contribution in [0.2, 0.25) is 0 Å². The molecule has 1 fully saturated rings. The number of aryl methyl sites for hydroxylation is 4. The molecule has 1 aliphatic rings. The van der Waals surface area contributed by atoms with Crippen LogP contribution in [0.3, 0.4) is 0 Å². The lowest BCUT2D eigenvalue weighted by Crippen LogP contribution is -2.35. The predicted octanol–water partition coefficient (Wildman–Crippen LogP) is 4.43. The summed E-state index contributed by atoms with van der Waals surface area (Å²) >= 11 is 0. The van der Waals surface area contributed by atoms with E-state index >= 15 is 0 Å². The average Bonchev–Trinajstić information content (AvgIpc) is 3.30. The minimum atomic E-state index is -0.138. The van der Waals surface area contributed by atoms with E-state index in [0.29, 0.717) is 18.3 Å². The monoisotopic (exact) mass is 356 g/mol. The maximum absolute atomic E-state index is 13.0. The number of carbonyl (C=O) groups excluding carboxylic acids is 1. The quantitative estimate of drug-likeness (QED) is 0.860. The summed E-state index contributed by atoms with van der Waals surface area (Å²) in [5.74, 6) is 1.13. The maximum atomic E-state index is 13.0. The maximum Gasteiger partial charge on any atom is 0.322 e. The minimum Gasteiger partial charge on any atom is -0.337 e. The van der Waals surface area contributed by atoms with E-state index in [0.717, 1.165) is 37.8 Å². The number of rotatable bonds is 5. The predicted molar refractivity (Wildman–Crippen MR) is 101 cm³/mol. The van der Waals surface area contributed by atoms with Gasteiger partial charge in [0, 0.05) is 12.2 Å². The molecule has 1 aromatic heterocycles. The van der Waals surface area contributed by atoms with Crippen molar-refractivity contribution in [2.45, 2.75) is 65.8 Å². The number of carbonyl (C=O) groups is 1. The molecule has 0 spiro atoms. The second-order valence-corrected chi connectivity index (χ2v) is 6.81. The molecule has 26 heavy (non-hydrogen) atoms. The van der Waals surface area contributed by atoms with Gasteiger partial charge in [-0.2, -0.15) is 4.98 Å². The molecular formula is C20H28N4O2.